The van der Waals surface area contributed by atoms with Gasteiger partial charge in [-0.15, -0.1) is 0 Å². The molecule has 2 N–H and O–H groups in total. The minimum atomic E-state index is -0.00103. The maximum Gasteiger partial charge on any atom is 0.279 e. The van der Waals surface area contributed by atoms with Crippen molar-refractivity contribution in [1.29, 1.82) is 0 Å². The highest BCUT2D eigenvalue weighted by Gasteiger charge is 2.28. The Morgan fingerprint density at radius 1 is 1.29 bits per heavy atom. The lowest BCUT2D eigenvalue weighted by molar-refractivity contribution is -0.909. The Morgan fingerprint density at radius 2 is 1.81 bits per heavy atom. The summed E-state index contributed by atoms with van der Waals surface area (Å²) in [6, 6.07) is 3.58. The molecular weight excluding hydrogens is 383 g/mol. The SMILES string of the molecule is Cc1cc(NC(=O)C[N+]2(C)CCOCC2)cc(C)c1O.[I-]. The van der Waals surface area contributed by atoms with Gasteiger partial charge in [-0.1, -0.05) is 0 Å². The van der Waals surface area contributed by atoms with Crippen molar-refractivity contribution >= 4 is 11.6 Å². The smallest absolute Gasteiger partial charge is 0.279 e. The number of aryl methyl sites for hydroxylation is 2. The number of hydrogen-bond acceptors (Lipinski definition) is 3. The van der Waals surface area contributed by atoms with Crippen LogP contribution in [0, 0.1) is 13.8 Å². The maximum atomic E-state index is 12.2. The van der Waals surface area contributed by atoms with Gasteiger partial charge in [0.05, 0.1) is 20.3 Å². The van der Waals surface area contributed by atoms with Gasteiger partial charge in [0.15, 0.2) is 6.54 Å². The molecule has 2 rings (SSSR count). The van der Waals surface area contributed by atoms with Gasteiger partial charge >= 0.3 is 0 Å². The number of aromatic hydroxyl groups is 1. The van der Waals surface area contributed by atoms with Crippen LogP contribution in [0.4, 0.5) is 5.69 Å². The largest absolute Gasteiger partial charge is 1.00 e. The van der Waals surface area contributed by atoms with E-state index in [1.54, 1.807) is 12.1 Å². The lowest BCUT2D eigenvalue weighted by Gasteiger charge is -2.36. The van der Waals surface area contributed by atoms with Gasteiger partial charge in [-0.25, -0.2) is 0 Å². The molecule has 1 fully saturated rings. The zero-order valence-electron chi connectivity index (χ0n) is 12.8. The summed E-state index contributed by atoms with van der Waals surface area (Å²) >= 11 is 0. The molecule has 21 heavy (non-hydrogen) atoms. The Hall–Kier alpha value is -0.860. The van der Waals surface area contributed by atoms with Gasteiger partial charge < -0.3 is 43.6 Å². The molecule has 1 amide bonds. The van der Waals surface area contributed by atoms with Crippen molar-refractivity contribution in [2.75, 3.05) is 45.2 Å². The highest BCUT2D eigenvalue weighted by Crippen LogP contribution is 2.25. The standard InChI is InChI=1S/C15H22N2O3.HI/c1-11-8-13(9-12(2)15(11)19)16-14(18)10-17(3)4-6-20-7-5-17;/h8-9H,4-7,10H2,1-3H3,(H-,16,18,19);1H. The van der Waals surface area contributed by atoms with E-state index in [-0.39, 0.29) is 35.6 Å². The molecular formula is C15H23IN2O3. The molecule has 1 heterocycles. The van der Waals surface area contributed by atoms with Crippen LogP contribution >= 0.6 is 0 Å². The van der Waals surface area contributed by atoms with E-state index in [0.29, 0.717) is 24.2 Å². The highest BCUT2D eigenvalue weighted by atomic mass is 127. The van der Waals surface area contributed by atoms with Gasteiger partial charge in [-0.3, -0.25) is 4.79 Å². The molecule has 0 aromatic heterocycles. The van der Waals surface area contributed by atoms with Crippen molar-refractivity contribution in [2.24, 2.45) is 0 Å². The van der Waals surface area contributed by atoms with Gasteiger partial charge in [0.25, 0.3) is 5.91 Å². The number of halogens is 1. The number of morpholine rings is 1. The first-order valence-electron chi connectivity index (χ1n) is 6.91. The number of anilines is 1. The molecule has 0 bridgehead atoms. The molecule has 0 radical (unpaired) electrons. The zero-order chi connectivity index (χ0) is 14.8. The van der Waals surface area contributed by atoms with E-state index < -0.39 is 0 Å². The summed E-state index contributed by atoms with van der Waals surface area (Å²) in [6.07, 6.45) is 0. The topological polar surface area (TPSA) is 58.6 Å². The second-order valence-corrected chi connectivity index (χ2v) is 5.84. The van der Waals surface area contributed by atoms with E-state index in [1.165, 1.54) is 0 Å². The molecule has 1 aromatic rings. The van der Waals surface area contributed by atoms with Crippen LogP contribution in [0.2, 0.25) is 0 Å². The number of benzene rings is 1. The summed E-state index contributed by atoms with van der Waals surface area (Å²) in [4.78, 5) is 12.2. The van der Waals surface area contributed by atoms with Crippen molar-refractivity contribution in [1.82, 2.24) is 0 Å². The van der Waals surface area contributed by atoms with Crippen molar-refractivity contribution in [3.63, 3.8) is 0 Å². The van der Waals surface area contributed by atoms with Crippen LogP contribution in [0.1, 0.15) is 11.1 Å². The molecule has 1 aliphatic heterocycles. The number of nitrogens with one attached hydrogen (secondary N) is 1. The van der Waals surface area contributed by atoms with Crippen molar-refractivity contribution < 1.29 is 43.1 Å². The highest BCUT2D eigenvalue weighted by molar-refractivity contribution is 5.92. The van der Waals surface area contributed by atoms with E-state index in [0.717, 1.165) is 29.9 Å². The predicted molar refractivity (Wildman–Crippen MR) is 77.8 cm³/mol. The van der Waals surface area contributed by atoms with Gasteiger partial charge in [-0.05, 0) is 37.1 Å². The number of quaternary nitrogens is 1. The number of nitrogens with zero attached hydrogens (tertiary/aromatic N) is 1. The third-order valence-corrected chi connectivity index (χ3v) is 3.85. The zero-order valence-corrected chi connectivity index (χ0v) is 14.9. The van der Waals surface area contributed by atoms with Crippen LogP contribution in [0.15, 0.2) is 12.1 Å². The van der Waals surface area contributed by atoms with Crippen LogP contribution in [0.5, 0.6) is 5.75 Å². The first kappa shape index (κ1) is 18.2. The lowest BCUT2D eigenvalue weighted by atomic mass is 10.1. The number of phenolic OH excluding ortho intramolecular Hbond substituents is 1. The quantitative estimate of drug-likeness (QED) is 0.363. The van der Waals surface area contributed by atoms with E-state index in [4.69, 9.17) is 4.74 Å². The third-order valence-electron chi connectivity index (χ3n) is 3.85. The first-order valence-corrected chi connectivity index (χ1v) is 6.91. The number of carbonyl (C=O) groups is 1. The minimum Gasteiger partial charge on any atom is -1.00 e. The summed E-state index contributed by atoms with van der Waals surface area (Å²) in [6.45, 7) is 7.24. The molecule has 0 atom stereocenters. The maximum absolute atomic E-state index is 12.2. The Bertz CT molecular complexity index is 491. The predicted octanol–water partition coefficient (Wildman–Crippen LogP) is -1.57. The minimum absolute atomic E-state index is 0. The molecule has 118 valence electrons. The summed E-state index contributed by atoms with van der Waals surface area (Å²) < 4.78 is 6.04. The molecule has 0 aliphatic carbocycles. The Morgan fingerprint density at radius 3 is 2.33 bits per heavy atom. The average molecular weight is 406 g/mol. The van der Waals surface area contributed by atoms with Crippen LogP contribution in [-0.2, 0) is 9.53 Å². The number of amides is 1. The summed E-state index contributed by atoms with van der Waals surface area (Å²) in [5.74, 6) is 0.286. The summed E-state index contributed by atoms with van der Waals surface area (Å²) in [5.41, 5.74) is 2.28. The monoisotopic (exact) mass is 406 g/mol. The normalized spacial score (nSPS) is 16.9. The molecule has 5 nitrogen and oxygen atoms in total. The van der Waals surface area contributed by atoms with Gasteiger partial charge in [0.1, 0.15) is 18.8 Å². The van der Waals surface area contributed by atoms with Gasteiger partial charge in [0, 0.05) is 5.69 Å². The molecule has 0 spiro atoms. The van der Waals surface area contributed by atoms with E-state index in [2.05, 4.69) is 12.4 Å². The Kier molecular flexibility index (Phi) is 6.42. The number of likely N-dealkylation sites (N-methyl/N-ethyl adjacent to an activating group) is 1. The van der Waals surface area contributed by atoms with Gasteiger partial charge in [-0.2, -0.15) is 0 Å². The summed E-state index contributed by atoms with van der Waals surface area (Å²) in [7, 11) is 2.08. The first-order chi connectivity index (χ1) is 9.39. The molecule has 6 heteroatoms. The number of rotatable bonds is 3. The third kappa shape index (κ3) is 4.82. The van der Waals surface area contributed by atoms with Crippen molar-refractivity contribution in [2.45, 2.75) is 13.8 Å². The summed E-state index contributed by atoms with van der Waals surface area (Å²) in [5, 5.41) is 12.7. The van der Waals surface area contributed by atoms with Crippen LogP contribution in [0.3, 0.4) is 0 Å². The van der Waals surface area contributed by atoms with E-state index in [9.17, 15) is 9.90 Å². The van der Waals surface area contributed by atoms with Crippen molar-refractivity contribution in [3.05, 3.63) is 23.3 Å². The van der Waals surface area contributed by atoms with E-state index in [1.807, 2.05) is 13.8 Å². The number of phenols is 1. The fraction of sp³-hybridized carbons (Fsp3) is 0.533. The fourth-order valence-corrected chi connectivity index (χ4v) is 2.52. The van der Waals surface area contributed by atoms with Crippen molar-refractivity contribution in [3.8, 4) is 5.75 Å². The number of carbonyl (C=O) groups excluding carboxylic acids is 1. The van der Waals surface area contributed by atoms with Crippen LogP contribution < -0.4 is 29.3 Å². The Labute approximate surface area is 142 Å². The van der Waals surface area contributed by atoms with Gasteiger partial charge in [0.2, 0.25) is 0 Å². The molecule has 1 aromatic carbocycles. The second-order valence-electron chi connectivity index (χ2n) is 5.84. The molecule has 1 saturated heterocycles. The second kappa shape index (κ2) is 7.42. The molecule has 0 saturated carbocycles. The van der Waals surface area contributed by atoms with Crippen LogP contribution in [-0.4, -0.2) is 55.4 Å². The lowest BCUT2D eigenvalue weighted by Crippen LogP contribution is -3.00. The number of hydrogen-bond donors (Lipinski definition) is 2. The Balaban J connectivity index is 0.00000220. The van der Waals surface area contributed by atoms with E-state index >= 15 is 0 Å². The molecule has 1 aliphatic rings. The fourth-order valence-electron chi connectivity index (χ4n) is 2.52. The molecule has 0 unspecified atom stereocenters. The van der Waals surface area contributed by atoms with Crippen LogP contribution in [0.25, 0.3) is 0 Å². The number of ether oxygens (including phenoxy) is 1. The average Bonchev–Trinajstić information content (AvgIpc) is 2.35.